The zero-order valence-corrected chi connectivity index (χ0v) is 37.7. The van der Waals surface area contributed by atoms with Crippen LogP contribution in [0.1, 0.15) is 127 Å². The molecule has 0 fully saturated rings. The van der Waals surface area contributed by atoms with Gasteiger partial charge >= 0.3 is 0 Å². The van der Waals surface area contributed by atoms with E-state index in [4.69, 9.17) is 19.4 Å². The summed E-state index contributed by atoms with van der Waals surface area (Å²) in [7, 11) is 0. The molecule has 324 valence electrons. The predicted octanol–water partition coefficient (Wildman–Crippen LogP) is 13.3. The molecular formula is C57H62N2O4. The summed E-state index contributed by atoms with van der Waals surface area (Å²) in [6.45, 7) is 8.33. The maximum Gasteiger partial charge on any atom is 0.221 e. The van der Waals surface area contributed by atoms with Crippen LogP contribution >= 0.6 is 0 Å². The number of nitrogens with zero attached hydrogens (tertiary/aromatic N) is 2. The largest absolute Gasteiger partial charge is 0.507 e. The third-order valence-electron chi connectivity index (χ3n) is 14.4. The summed E-state index contributed by atoms with van der Waals surface area (Å²) in [6.07, 6.45) is 21.9. The van der Waals surface area contributed by atoms with Crippen LogP contribution in [0.5, 0.6) is 23.3 Å². The van der Waals surface area contributed by atoms with Crippen LogP contribution in [0, 0.1) is 13.8 Å². The summed E-state index contributed by atoms with van der Waals surface area (Å²) in [6, 6.07) is 21.3. The van der Waals surface area contributed by atoms with Crippen LogP contribution in [-0.4, -0.2) is 32.4 Å². The number of phenolic OH excluding ortho intramolecular Hbond substituents is 2. The number of fused-ring (bicyclic) bond motifs is 4. The van der Waals surface area contributed by atoms with Gasteiger partial charge in [0.15, 0.2) is 0 Å². The van der Waals surface area contributed by atoms with Crippen LogP contribution in [0.25, 0.3) is 44.5 Å². The fourth-order valence-corrected chi connectivity index (χ4v) is 11.6. The van der Waals surface area contributed by atoms with Gasteiger partial charge in [0.2, 0.25) is 11.8 Å². The van der Waals surface area contributed by atoms with Gasteiger partial charge in [-0.15, -0.1) is 0 Å². The molecule has 0 spiro atoms. The van der Waals surface area contributed by atoms with Crippen molar-refractivity contribution in [3.63, 3.8) is 0 Å². The predicted molar refractivity (Wildman–Crippen MR) is 254 cm³/mol. The zero-order valence-electron chi connectivity index (χ0n) is 37.7. The van der Waals surface area contributed by atoms with E-state index in [0.29, 0.717) is 29.7 Å². The summed E-state index contributed by atoms with van der Waals surface area (Å²) >= 11 is 0. The van der Waals surface area contributed by atoms with Crippen molar-refractivity contribution in [2.75, 3.05) is 0 Å². The average molecular weight is 839 g/mol. The Kier molecular flexibility index (Phi) is 11.5. The van der Waals surface area contributed by atoms with Crippen LogP contribution in [-0.2, 0) is 51.4 Å². The van der Waals surface area contributed by atoms with Gasteiger partial charge in [0.25, 0.3) is 0 Å². The third kappa shape index (κ3) is 8.00. The molecule has 2 aromatic heterocycles. The Labute approximate surface area is 373 Å². The molecule has 0 radical (unpaired) electrons. The number of hydrogen-bond acceptors (Lipinski definition) is 6. The number of rotatable bonds is 10. The highest BCUT2D eigenvalue weighted by Gasteiger charge is 2.29. The van der Waals surface area contributed by atoms with Gasteiger partial charge in [0, 0.05) is 52.2 Å². The molecule has 6 nitrogen and oxygen atoms in total. The van der Waals surface area contributed by atoms with Crippen molar-refractivity contribution < 1.29 is 19.7 Å². The van der Waals surface area contributed by atoms with Crippen molar-refractivity contribution in [1.29, 1.82) is 0 Å². The number of benzene rings is 4. The molecule has 0 aliphatic heterocycles. The summed E-state index contributed by atoms with van der Waals surface area (Å²) < 4.78 is 13.3. The van der Waals surface area contributed by atoms with E-state index in [9.17, 15) is 10.2 Å². The second-order valence-corrected chi connectivity index (χ2v) is 19.1. The molecule has 2 heterocycles. The van der Waals surface area contributed by atoms with Gasteiger partial charge in [-0.25, -0.2) is 9.97 Å². The Morgan fingerprint density at radius 1 is 0.460 bits per heavy atom. The minimum absolute atomic E-state index is 0.269. The molecular weight excluding hydrogens is 777 g/mol. The Morgan fingerprint density at radius 2 is 0.794 bits per heavy atom. The van der Waals surface area contributed by atoms with Crippen molar-refractivity contribution in [3.8, 4) is 67.8 Å². The van der Waals surface area contributed by atoms with E-state index < -0.39 is 0 Å². The van der Waals surface area contributed by atoms with E-state index in [0.717, 1.165) is 95.9 Å². The molecule has 0 saturated heterocycles. The lowest BCUT2D eigenvalue weighted by atomic mass is 9.76. The number of aromatic hydroxyl groups is 2. The first-order valence-electron chi connectivity index (χ1n) is 24.0. The normalized spacial score (nSPS) is 16.6. The number of aromatic nitrogens is 2. The van der Waals surface area contributed by atoms with Gasteiger partial charge in [0.05, 0.1) is 0 Å². The molecule has 10 rings (SSSR count). The number of aryl methyl sites for hydroxylation is 6. The Hall–Kier alpha value is -5.62. The maximum absolute atomic E-state index is 12.3. The maximum atomic E-state index is 12.3. The molecule has 4 aromatic carbocycles. The Bertz CT molecular complexity index is 2460. The molecule has 4 aliphatic carbocycles. The number of hydrogen-bond donors (Lipinski definition) is 2. The van der Waals surface area contributed by atoms with E-state index in [1.807, 2.05) is 38.1 Å². The molecule has 0 amide bonds. The van der Waals surface area contributed by atoms with E-state index in [1.54, 1.807) is 12.4 Å². The van der Waals surface area contributed by atoms with E-state index in [-0.39, 0.29) is 12.2 Å². The summed E-state index contributed by atoms with van der Waals surface area (Å²) in [5, 5.41) is 24.6. The molecule has 0 bridgehead atoms. The van der Waals surface area contributed by atoms with Gasteiger partial charge in [0.1, 0.15) is 23.7 Å². The number of phenols is 2. The van der Waals surface area contributed by atoms with E-state index in [2.05, 4.69) is 50.2 Å². The standard InChI is InChI=1S/C57H62N2O4/c1-34-27-48(54(60)50(29-34)52-42-19-9-5-15-38(42)32-39-16-6-10-20-43(39)52)46-23-13-25-58-56(46)62-36(3)31-37(4)63-57-47(24-14-26-59-57)49-28-35(2)30-51(55(49)61)53-44-21-11-7-17-40(44)33-41-18-8-12-22-45(41)53/h13-14,23-30,32-33,36-37,60-61H,5-12,15-22,31H2,1-4H3. The average Bonchev–Trinajstić information content (AvgIpc) is 3.29. The van der Waals surface area contributed by atoms with Gasteiger partial charge < -0.3 is 19.7 Å². The Balaban J connectivity index is 0.923. The van der Waals surface area contributed by atoms with E-state index in [1.165, 1.54) is 107 Å². The first kappa shape index (κ1) is 41.4. The molecule has 63 heavy (non-hydrogen) atoms. The van der Waals surface area contributed by atoms with Crippen molar-refractivity contribution in [1.82, 2.24) is 9.97 Å². The number of ether oxygens (including phenoxy) is 2. The highest BCUT2D eigenvalue weighted by Crippen LogP contribution is 2.49. The van der Waals surface area contributed by atoms with Crippen LogP contribution in [0.3, 0.4) is 0 Å². The lowest BCUT2D eigenvalue weighted by Gasteiger charge is -2.29. The molecule has 2 unspecified atom stereocenters. The minimum atomic E-state index is -0.269. The summed E-state index contributed by atoms with van der Waals surface area (Å²) in [5.74, 6) is 1.57. The van der Waals surface area contributed by atoms with Gasteiger partial charge in [-0.3, -0.25) is 0 Å². The van der Waals surface area contributed by atoms with Crippen molar-refractivity contribution in [3.05, 3.63) is 129 Å². The molecule has 2 atom stereocenters. The first-order valence-corrected chi connectivity index (χ1v) is 24.0. The van der Waals surface area contributed by atoms with Crippen LogP contribution < -0.4 is 9.47 Å². The van der Waals surface area contributed by atoms with Gasteiger partial charge in [-0.05, 0) is 246 Å². The van der Waals surface area contributed by atoms with Gasteiger partial charge in [-0.1, -0.05) is 12.1 Å². The molecule has 6 heteroatoms. The summed E-state index contributed by atoms with van der Waals surface area (Å²) in [4.78, 5) is 9.49. The zero-order chi connectivity index (χ0) is 43.2. The van der Waals surface area contributed by atoms with E-state index >= 15 is 0 Å². The fraction of sp³-hybridized carbons (Fsp3) is 0.404. The van der Waals surface area contributed by atoms with Gasteiger partial charge in [-0.2, -0.15) is 0 Å². The monoisotopic (exact) mass is 838 g/mol. The summed E-state index contributed by atoms with van der Waals surface area (Å²) in [5.41, 5.74) is 21.3. The first-order chi connectivity index (χ1) is 30.7. The van der Waals surface area contributed by atoms with Crippen molar-refractivity contribution >= 4 is 0 Å². The third-order valence-corrected chi connectivity index (χ3v) is 14.4. The molecule has 2 N–H and O–H groups in total. The lowest BCUT2D eigenvalue weighted by molar-refractivity contribution is 0.125. The van der Waals surface area contributed by atoms with Crippen LogP contribution in [0.15, 0.2) is 73.1 Å². The second-order valence-electron chi connectivity index (χ2n) is 19.1. The number of pyridine rings is 2. The smallest absolute Gasteiger partial charge is 0.221 e. The van der Waals surface area contributed by atoms with Crippen molar-refractivity contribution in [2.24, 2.45) is 0 Å². The quantitative estimate of drug-likeness (QED) is 0.143. The highest BCUT2D eigenvalue weighted by molar-refractivity contribution is 5.89. The molecule has 4 aliphatic rings. The van der Waals surface area contributed by atoms with Crippen molar-refractivity contribution in [2.45, 2.75) is 149 Å². The molecule has 0 saturated carbocycles. The Morgan fingerprint density at radius 3 is 1.16 bits per heavy atom. The minimum Gasteiger partial charge on any atom is -0.507 e. The molecule has 6 aromatic rings. The van der Waals surface area contributed by atoms with Crippen LogP contribution in [0.4, 0.5) is 0 Å². The SMILES string of the molecule is Cc1cc(-c2cccnc2OC(C)CC(C)Oc2ncccc2-c2cc(C)cc(-c3c4c(cc5c3CCCC5)CCCC4)c2O)c(O)c(-c2c3c(cc4c2CCCC4)CCCC3)c1. The van der Waals surface area contributed by atoms with Crippen LogP contribution in [0.2, 0.25) is 0 Å². The lowest BCUT2D eigenvalue weighted by Crippen LogP contribution is -2.23. The highest BCUT2D eigenvalue weighted by atomic mass is 16.5. The second kappa shape index (κ2) is 17.5. The fourth-order valence-electron chi connectivity index (χ4n) is 11.6. The topological polar surface area (TPSA) is 84.7 Å².